The van der Waals surface area contributed by atoms with Crippen LogP contribution in [0.2, 0.25) is 0 Å². The van der Waals surface area contributed by atoms with E-state index < -0.39 is 11.8 Å². The summed E-state index contributed by atoms with van der Waals surface area (Å²) in [5, 5.41) is 2.74. The number of pyridine rings is 1. The fraction of sp³-hybridized carbons (Fsp3) is 0.519. The van der Waals surface area contributed by atoms with Gasteiger partial charge >= 0.3 is 11.8 Å². The first-order valence-electron chi connectivity index (χ1n) is 12.5. The van der Waals surface area contributed by atoms with Crippen LogP contribution in [0.5, 0.6) is 0 Å². The van der Waals surface area contributed by atoms with E-state index in [4.69, 9.17) is 5.73 Å². The third-order valence-electron chi connectivity index (χ3n) is 7.30. The van der Waals surface area contributed by atoms with E-state index in [1.165, 1.54) is 24.6 Å². The maximum absolute atomic E-state index is 13.3. The number of amides is 2. The monoisotopic (exact) mass is 463 g/mol. The Morgan fingerprint density at radius 2 is 1.94 bits per heavy atom. The summed E-state index contributed by atoms with van der Waals surface area (Å²) in [5.41, 5.74) is 9.68. The molecule has 2 aromatic rings. The Morgan fingerprint density at radius 1 is 1.15 bits per heavy atom. The number of anilines is 2. The number of nitrogen functional groups attached to an aromatic ring is 1. The average Bonchev–Trinajstić information content (AvgIpc) is 2.84. The van der Waals surface area contributed by atoms with Crippen LogP contribution in [0.3, 0.4) is 0 Å². The van der Waals surface area contributed by atoms with E-state index in [9.17, 15) is 9.59 Å². The van der Waals surface area contributed by atoms with E-state index in [-0.39, 0.29) is 6.04 Å². The summed E-state index contributed by atoms with van der Waals surface area (Å²) in [6.07, 6.45) is 6.49. The molecule has 1 aromatic heterocycles. The van der Waals surface area contributed by atoms with Gasteiger partial charge < -0.3 is 20.9 Å². The number of benzene rings is 1. The molecule has 0 bridgehead atoms. The van der Waals surface area contributed by atoms with Crippen LogP contribution in [-0.2, 0) is 16.0 Å². The highest BCUT2D eigenvalue weighted by molar-refractivity contribution is 6.39. The van der Waals surface area contributed by atoms with E-state index >= 15 is 0 Å². The molecule has 2 aliphatic heterocycles. The first kappa shape index (κ1) is 24.2. The zero-order valence-electron chi connectivity index (χ0n) is 20.6. The Morgan fingerprint density at radius 3 is 2.71 bits per heavy atom. The topological polar surface area (TPSA) is 91.6 Å². The van der Waals surface area contributed by atoms with Crippen LogP contribution in [0.25, 0.3) is 0 Å². The number of carbonyl (C=O) groups is 2. The van der Waals surface area contributed by atoms with Gasteiger partial charge in [0.25, 0.3) is 0 Å². The predicted octanol–water partition coefficient (Wildman–Crippen LogP) is 3.97. The van der Waals surface area contributed by atoms with Gasteiger partial charge in [0.15, 0.2) is 0 Å². The SMILES string of the molecule is CCc1cc(NC(=O)C(=O)N2C[C@@H](C)CC[C@@H]2c2cccc(C3CCCN(C)C3)c2)cnc1N. The van der Waals surface area contributed by atoms with Crippen molar-refractivity contribution < 1.29 is 9.59 Å². The Balaban J connectivity index is 1.53. The highest BCUT2D eigenvalue weighted by Crippen LogP contribution is 2.36. The summed E-state index contributed by atoms with van der Waals surface area (Å²) in [5.74, 6) is 0.195. The minimum Gasteiger partial charge on any atom is -0.383 e. The summed E-state index contributed by atoms with van der Waals surface area (Å²) >= 11 is 0. The molecule has 2 aliphatic rings. The first-order chi connectivity index (χ1) is 16.4. The number of nitrogens with two attached hydrogens (primary N) is 1. The summed E-state index contributed by atoms with van der Waals surface area (Å²) in [6, 6.07) is 10.4. The molecule has 3 heterocycles. The van der Waals surface area contributed by atoms with Crippen molar-refractivity contribution in [2.75, 3.05) is 37.7 Å². The highest BCUT2D eigenvalue weighted by Gasteiger charge is 2.34. The maximum Gasteiger partial charge on any atom is 0.313 e. The number of likely N-dealkylation sites (tertiary alicyclic amines) is 2. The lowest BCUT2D eigenvalue weighted by atomic mass is 9.86. The number of hydrogen-bond donors (Lipinski definition) is 2. The van der Waals surface area contributed by atoms with Crippen molar-refractivity contribution in [2.24, 2.45) is 5.92 Å². The molecular formula is C27H37N5O2. The Kier molecular flexibility index (Phi) is 7.51. The van der Waals surface area contributed by atoms with Crippen LogP contribution in [0.4, 0.5) is 11.5 Å². The first-order valence-corrected chi connectivity index (χ1v) is 12.5. The van der Waals surface area contributed by atoms with Gasteiger partial charge in [0.05, 0.1) is 17.9 Å². The fourth-order valence-corrected chi connectivity index (χ4v) is 5.37. The highest BCUT2D eigenvalue weighted by atomic mass is 16.2. The minimum absolute atomic E-state index is 0.0912. The Bertz CT molecular complexity index is 1040. The van der Waals surface area contributed by atoms with Gasteiger partial charge in [0, 0.05) is 13.1 Å². The Labute approximate surface area is 202 Å². The van der Waals surface area contributed by atoms with Crippen molar-refractivity contribution in [3.05, 3.63) is 53.2 Å². The van der Waals surface area contributed by atoms with Crippen LogP contribution < -0.4 is 11.1 Å². The number of piperidine rings is 2. The average molecular weight is 464 g/mol. The van der Waals surface area contributed by atoms with Crippen LogP contribution in [0, 0.1) is 5.92 Å². The maximum atomic E-state index is 13.3. The molecule has 2 amide bonds. The van der Waals surface area contributed by atoms with Crippen LogP contribution in [-0.4, -0.2) is 53.3 Å². The largest absolute Gasteiger partial charge is 0.383 e. The van der Waals surface area contributed by atoms with Gasteiger partial charge in [-0.3, -0.25) is 9.59 Å². The fourth-order valence-electron chi connectivity index (χ4n) is 5.37. The van der Waals surface area contributed by atoms with E-state index in [0.717, 1.165) is 37.1 Å². The number of rotatable bonds is 4. The molecule has 1 unspecified atom stereocenters. The molecule has 3 atom stereocenters. The number of nitrogens with zero attached hydrogens (tertiary/aromatic N) is 3. The zero-order chi connectivity index (χ0) is 24.2. The number of nitrogens with one attached hydrogen (secondary N) is 1. The normalized spacial score (nSPS) is 23.5. The van der Waals surface area contributed by atoms with Crippen molar-refractivity contribution >= 4 is 23.3 Å². The summed E-state index contributed by atoms with van der Waals surface area (Å²) < 4.78 is 0. The third kappa shape index (κ3) is 5.41. The number of likely N-dealkylation sites (N-methyl/N-ethyl adjacent to an activating group) is 1. The van der Waals surface area contributed by atoms with Gasteiger partial charge in [-0.15, -0.1) is 0 Å². The summed E-state index contributed by atoms with van der Waals surface area (Å²) in [4.78, 5) is 34.6. The zero-order valence-corrected chi connectivity index (χ0v) is 20.6. The second kappa shape index (κ2) is 10.6. The molecule has 4 rings (SSSR count). The van der Waals surface area contributed by atoms with Crippen LogP contribution >= 0.6 is 0 Å². The summed E-state index contributed by atoms with van der Waals surface area (Å²) in [6.45, 7) is 6.90. The molecule has 2 saturated heterocycles. The smallest absolute Gasteiger partial charge is 0.313 e. The van der Waals surface area contributed by atoms with Gasteiger partial charge in [0.2, 0.25) is 0 Å². The van der Waals surface area contributed by atoms with E-state index in [1.54, 1.807) is 11.0 Å². The number of carbonyl (C=O) groups excluding carboxylic acids is 2. The minimum atomic E-state index is -0.627. The van der Waals surface area contributed by atoms with Gasteiger partial charge in [-0.05, 0) is 80.3 Å². The van der Waals surface area contributed by atoms with E-state index in [2.05, 4.69) is 53.4 Å². The second-order valence-electron chi connectivity index (χ2n) is 10.0. The number of aryl methyl sites for hydroxylation is 1. The molecule has 1 aromatic carbocycles. The lowest BCUT2D eigenvalue weighted by Crippen LogP contribution is -2.46. The van der Waals surface area contributed by atoms with Crippen molar-refractivity contribution in [3.63, 3.8) is 0 Å². The molecule has 0 radical (unpaired) electrons. The van der Waals surface area contributed by atoms with Crippen molar-refractivity contribution in [1.29, 1.82) is 0 Å². The Hall–Kier alpha value is -2.93. The molecule has 7 heteroatoms. The predicted molar refractivity (Wildman–Crippen MR) is 135 cm³/mol. The van der Waals surface area contributed by atoms with E-state index in [1.807, 2.05) is 6.92 Å². The van der Waals surface area contributed by atoms with E-state index in [0.29, 0.717) is 36.3 Å². The molecule has 0 aliphatic carbocycles. The van der Waals surface area contributed by atoms with Gasteiger partial charge in [-0.1, -0.05) is 38.1 Å². The molecule has 7 nitrogen and oxygen atoms in total. The van der Waals surface area contributed by atoms with Crippen LogP contribution in [0.1, 0.15) is 68.2 Å². The van der Waals surface area contributed by atoms with Crippen molar-refractivity contribution in [2.45, 2.75) is 57.9 Å². The molecule has 182 valence electrons. The molecular weight excluding hydrogens is 426 g/mol. The molecule has 2 fully saturated rings. The van der Waals surface area contributed by atoms with Crippen LogP contribution in [0.15, 0.2) is 36.5 Å². The van der Waals surface area contributed by atoms with Gasteiger partial charge in [-0.2, -0.15) is 0 Å². The third-order valence-corrected chi connectivity index (χ3v) is 7.30. The summed E-state index contributed by atoms with van der Waals surface area (Å²) in [7, 11) is 2.18. The second-order valence-corrected chi connectivity index (χ2v) is 10.0. The lowest BCUT2D eigenvalue weighted by molar-refractivity contribution is -0.146. The molecule has 0 saturated carbocycles. The quantitative estimate of drug-likeness (QED) is 0.670. The molecule has 3 N–H and O–H groups in total. The number of aromatic nitrogens is 1. The standard InChI is InChI=1S/C27H37N5O2/c1-4-19-14-23(15-29-25(19)28)30-26(33)27(34)32-16-18(2)10-11-24(32)21-8-5-7-20(13-21)22-9-6-12-31(3)17-22/h5,7-8,13-15,18,22,24H,4,6,9-12,16-17H2,1-3H3,(H2,28,29)(H,30,33)/t18-,22?,24+/m0/s1. The molecule has 34 heavy (non-hydrogen) atoms. The number of hydrogen-bond acceptors (Lipinski definition) is 5. The van der Waals surface area contributed by atoms with Gasteiger partial charge in [-0.25, -0.2) is 4.98 Å². The molecule has 0 spiro atoms. The van der Waals surface area contributed by atoms with Gasteiger partial charge in [0.1, 0.15) is 5.82 Å². The van der Waals surface area contributed by atoms with Crippen molar-refractivity contribution in [3.8, 4) is 0 Å². The van der Waals surface area contributed by atoms with Crippen molar-refractivity contribution in [1.82, 2.24) is 14.8 Å². The lowest BCUT2D eigenvalue weighted by Gasteiger charge is -2.39.